The van der Waals surface area contributed by atoms with Gasteiger partial charge in [0.1, 0.15) is 11.5 Å². The first-order chi connectivity index (χ1) is 13.5. The van der Waals surface area contributed by atoms with Crippen LogP contribution in [-0.2, 0) is 19.5 Å². The summed E-state index contributed by atoms with van der Waals surface area (Å²) >= 11 is 0. The molecule has 2 aromatic carbocycles. The van der Waals surface area contributed by atoms with Gasteiger partial charge >= 0.3 is 5.69 Å². The van der Waals surface area contributed by atoms with Crippen LogP contribution >= 0.6 is 0 Å². The van der Waals surface area contributed by atoms with Crippen LogP contribution in [0.2, 0.25) is 0 Å². The van der Waals surface area contributed by atoms with Crippen LogP contribution in [0.5, 0.6) is 11.5 Å². The van der Waals surface area contributed by atoms with Gasteiger partial charge in [-0.25, -0.2) is 4.79 Å². The minimum absolute atomic E-state index is 0.217. The number of methoxy groups -OCH3 is 2. The van der Waals surface area contributed by atoms with E-state index < -0.39 is 0 Å². The monoisotopic (exact) mass is 380 g/mol. The van der Waals surface area contributed by atoms with Crippen LogP contribution < -0.4 is 20.7 Å². The van der Waals surface area contributed by atoms with E-state index in [9.17, 15) is 9.59 Å². The fraction of sp³-hybridized carbons (Fsp3) is 0.273. The molecule has 0 unspecified atom stereocenters. The molecule has 3 rings (SSSR count). The quantitative estimate of drug-likeness (QED) is 0.632. The van der Waals surface area contributed by atoms with Crippen molar-refractivity contribution in [2.75, 3.05) is 14.2 Å². The maximum absolute atomic E-state index is 13.1. The first-order valence-corrected chi connectivity index (χ1v) is 9.15. The highest BCUT2D eigenvalue weighted by Crippen LogP contribution is 2.13. The molecule has 1 heterocycles. The van der Waals surface area contributed by atoms with Crippen molar-refractivity contribution in [2.24, 2.45) is 0 Å². The Hall–Kier alpha value is -3.28. The van der Waals surface area contributed by atoms with Crippen LogP contribution in [0.1, 0.15) is 23.7 Å². The molecule has 0 atom stereocenters. The molecule has 1 aromatic heterocycles. The molecule has 0 N–H and O–H groups in total. The standard InChI is InChI=1S/C22H24N2O4/c1-4-18-13-21(25)24(15-17-7-11-20(28-3)12-8-17)22(26)23(18)14-16-5-9-19(27-2)10-6-16/h5-13H,4,14-15H2,1-3H3. The third kappa shape index (κ3) is 4.17. The molecule has 0 fully saturated rings. The second-order valence-electron chi connectivity index (χ2n) is 6.48. The Balaban J connectivity index is 1.97. The summed E-state index contributed by atoms with van der Waals surface area (Å²) in [6.45, 7) is 2.55. The highest BCUT2D eigenvalue weighted by molar-refractivity contribution is 5.28. The Morgan fingerprint density at radius 2 is 1.21 bits per heavy atom. The summed E-state index contributed by atoms with van der Waals surface area (Å²) in [4.78, 5) is 25.6. The molecule has 6 heteroatoms. The van der Waals surface area contributed by atoms with E-state index in [1.54, 1.807) is 24.9 Å². The zero-order valence-electron chi connectivity index (χ0n) is 16.3. The lowest BCUT2D eigenvalue weighted by atomic mass is 10.2. The van der Waals surface area contributed by atoms with Crippen molar-refractivity contribution < 1.29 is 9.47 Å². The van der Waals surface area contributed by atoms with E-state index in [1.165, 1.54) is 4.57 Å². The van der Waals surface area contributed by atoms with Gasteiger partial charge in [0, 0.05) is 11.8 Å². The van der Waals surface area contributed by atoms with Crippen molar-refractivity contribution in [1.82, 2.24) is 9.13 Å². The van der Waals surface area contributed by atoms with E-state index in [0.29, 0.717) is 13.0 Å². The number of ether oxygens (including phenoxy) is 2. The van der Waals surface area contributed by atoms with Crippen molar-refractivity contribution in [3.05, 3.63) is 92.3 Å². The van der Waals surface area contributed by atoms with Gasteiger partial charge in [-0.3, -0.25) is 13.9 Å². The first-order valence-electron chi connectivity index (χ1n) is 9.15. The van der Waals surface area contributed by atoms with Gasteiger partial charge in [0.05, 0.1) is 27.3 Å². The minimum atomic E-state index is -0.309. The predicted octanol–water partition coefficient (Wildman–Crippen LogP) is 2.69. The Labute approximate surface area is 163 Å². The van der Waals surface area contributed by atoms with Gasteiger partial charge in [0.2, 0.25) is 0 Å². The number of hydrogen-bond acceptors (Lipinski definition) is 4. The highest BCUT2D eigenvalue weighted by atomic mass is 16.5. The van der Waals surface area contributed by atoms with Crippen LogP contribution in [0.4, 0.5) is 0 Å². The van der Waals surface area contributed by atoms with Gasteiger partial charge in [-0.15, -0.1) is 0 Å². The summed E-state index contributed by atoms with van der Waals surface area (Å²) in [6, 6.07) is 16.5. The van der Waals surface area contributed by atoms with E-state index in [4.69, 9.17) is 9.47 Å². The van der Waals surface area contributed by atoms with Gasteiger partial charge < -0.3 is 9.47 Å². The average Bonchev–Trinajstić information content (AvgIpc) is 2.73. The number of rotatable bonds is 7. The molecule has 0 aliphatic carbocycles. The summed E-state index contributed by atoms with van der Waals surface area (Å²) in [5.41, 5.74) is 1.95. The van der Waals surface area contributed by atoms with Crippen LogP contribution in [-0.4, -0.2) is 23.4 Å². The van der Waals surface area contributed by atoms with Crippen molar-refractivity contribution >= 4 is 0 Å². The van der Waals surface area contributed by atoms with Gasteiger partial charge in [-0.2, -0.15) is 0 Å². The summed E-state index contributed by atoms with van der Waals surface area (Å²) in [7, 11) is 3.21. The van der Waals surface area contributed by atoms with Gasteiger partial charge in [0.15, 0.2) is 0 Å². The molecule has 0 saturated carbocycles. The van der Waals surface area contributed by atoms with Gasteiger partial charge in [-0.05, 0) is 41.8 Å². The molecule has 6 nitrogen and oxygen atoms in total. The maximum Gasteiger partial charge on any atom is 0.331 e. The number of nitrogens with zero attached hydrogens (tertiary/aromatic N) is 2. The second kappa shape index (κ2) is 8.61. The molecule has 0 spiro atoms. The summed E-state index contributed by atoms with van der Waals surface area (Å²) < 4.78 is 13.3. The molecule has 0 saturated heterocycles. The van der Waals surface area contributed by atoms with Crippen LogP contribution in [0.15, 0.2) is 64.2 Å². The first kappa shape index (κ1) is 19.5. The number of hydrogen-bond donors (Lipinski definition) is 0. The van der Waals surface area contributed by atoms with Crippen molar-refractivity contribution in [2.45, 2.75) is 26.4 Å². The van der Waals surface area contributed by atoms with E-state index in [2.05, 4.69) is 0 Å². The Bertz CT molecular complexity index is 1050. The molecule has 28 heavy (non-hydrogen) atoms. The molecular weight excluding hydrogens is 356 g/mol. The minimum Gasteiger partial charge on any atom is -0.497 e. The average molecular weight is 380 g/mol. The molecule has 146 valence electrons. The Morgan fingerprint density at radius 3 is 1.64 bits per heavy atom. The number of aryl methyl sites for hydroxylation is 1. The van der Waals surface area contributed by atoms with Crippen molar-refractivity contribution in [3.63, 3.8) is 0 Å². The van der Waals surface area contributed by atoms with Crippen molar-refractivity contribution in [1.29, 1.82) is 0 Å². The van der Waals surface area contributed by atoms with E-state index >= 15 is 0 Å². The lowest BCUT2D eigenvalue weighted by molar-refractivity contribution is 0.414. The third-order valence-corrected chi connectivity index (χ3v) is 4.73. The smallest absolute Gasteiger partial charge is 0.331 e. The molecule has 0 aliphatic heterocycles. The maximum atomic E-state index is 13.1. The van der Waals surface area contributed by atoms with Crippen LogP contribution in [0, 0.1) is 0 Å². The zero-order valence-corrected chi connectivity index (χ0v) is 16.3. The molecule has 0 bridgehead atoms. The van der Waals surface area contributed by atoms with Crippen molar-refractivity contribution in [3.8, 4) is 11.5 Å². The number of benzene rings is 2. The Morgan fingerprint density at radius 1 is 0.750 bits per heavy atom. The molecule has 0 radical (unpaired) electrons. The number of aromatic nitrogens is 2. The lowest BCUT2D eigenvalue weighted by Crippen LogP contribution is -2.41. The summed E-state index contributed by atoms with van der Waals surface area (Å²) in [6.07, 6.45) is 0.601. The summed E-state index contributed by atoms with van der Waals surface area (Å²) in [5, 5.41) is 0. The van der Waals surface area contributed by atoms with Crippen LogP contribution in [0.25, 0.3) is 0 Å². The summed E-state index contributed by atoms with van der Waals surface area (Å²) in [5.74, 6) is 1.49. The zero-order chi connectivity index (χ0) is 20.1. The third-order valence-electron chi connectivity index (χ3n) is 4.73. The highest BCUT2D eigenvalue weighted by Gasteiger charge is 2.12. The molecule has 0 aliphatic rings. The Kier molecular flexibility index (Phi) is 5.99. The van der Waals surface area contributed by atoms with E-state index in [1.807, 2.05) is 55.5 Å². The van der Waals surface area contributed by atoms with Gasteiger partial charge in [0.25, 0.3) is 5.56 Å². The fourth-order valence-electron chi connectivity index (χ4n) is 3.10. The molecule has 3 aromatic rings. The van der Waals surface area contributed by atoms with E-state index in [-0.39, 0.29) is 17.8 Å². The normalized spacial score (nSPS) is 10.7. The second-order valence-corrected chi connectivity index (χ2v) is 6.48. The predicted molar refractivity (Wildman–Crippen MR) is 109 cm³/mol. The molecule has 0 amide bonds. The lowest BCUT2D eigenvalue weighted by Gasteiger charge is -2.15. The largest absolute Gasteiger partial charge is 0.497 e. The topological polar surface area (TPSA) is 62.5 Å². The molecular formula is C22H24N2O4. The van der Waals surface area contributed by atoms with Crippen LogP contribution in [0.3, 0.4) is 0 Å². The van der Waals surface area contributed by atoms with E-state index in [0.717, 1.165) is 28.3 Å². The van der Waals surface area contributed by atoms with Gasteiger partial charge in [-0.1, -0.05) is 31.2 Å². The fourth-order valence-corrected chi connectivity index (χ4v) is 3.10. The SMILES string of the molecule is CCc1cc(=O)n(Cc2ccc(OC)cc2)c(=O)n1Cc1ccc(OC)cc1.